The van der Waals surface area contributed by atoms with Gasteiger partial charge in [-0.25, -0.2) is 4.79 Å². The molecule has 0 rings (SSSR count). The largest absolute Gasteiger partial charge is 0.466 e. The summed E-state index contributed by atoms with van der Waals surface area (Å²) in [4.78, 5) is 30.1. The summed E-state index contributed by atoms with van der Waals surface area (Å²) in [6, 6.07) is 0. The Morgan fingerprint density at radius 2 is 1.90 bits per heavy atom. The van der Waals surface area contributed by atoms with Crippen molar-refractivity contribution in [3.63, 3.8) is 0 Å². The number of ether oxygens (including phenoxy) is 1. The summed E-state index contributed by atoms with van der Waals surface area (Å²) in [5.41, 5.74) is -2.63. The minimum atomic E-state index is -2.63. The summed E-state index contributed by atoms with van der Waals surface area (Å²) in [7, 11) is 0.959. The Labute approximate surface area is 56.6 Å². The van der Waals surface area contributed by atoms with E-state index in [1.54, 1.807) is 0 Å². The standard InChI is InChI=1S/C5H6O5/c1-10-4(8)5(9,2-6)3-7/h2-3,9H,1H3. The molecule has 0 aromatic heterocycles. The van der Waals surface area contributed by atoms with Crippen molar-refractivity contribution < 1.29 is 24.2 Å². The van der Waals surface area contributed by atoms with Crippen LogP contribution in [0.5, 0.6) is 0 Å². The van der Waals surface area contributed by atoms with Crippen LogP contribution in [0, 0.1) is 0 Å². The first kappa shape index (κ1) is 8.77. The van der Waals surface area contributed by atoms with Crippen LogP contribution in [0.1, 0.15) is 0 Å². The molecule has 0 aromatic carbocycles. The van der Waals surface area contributed by atoms with Gasteiger partial charge in [0.1, 0.15) is 0 Å². The number of hydrogen-bond acceptors (Lipinski definition) is 5. The molecule has 0 heterocycles. The van der Waals surface area contributed by atoms with E-state index in [-0.39, 0.29) is 12.6 Å². The van der Waals surface area contributed by atoms with Gasteiger partial charge in [-0.3, -0.25) is 9.59 Å². The molecule has 0 atom stereocenters. The summed E-state index contributed by atoms with van der Waals surface area (Å²) < 4.78 is 3.95. The van der Waals surface area contributed by atoms with E-state index in [9.17, 15) is 14.4 Å². The highest BCUT2D eigenvalue weighted by molar-refractivity contribution is 6.11. The second kappa shape index (κ2) is 3.07. The predicted molar refractivity (Wildman–Crippen MR) is 29.1 cm³/mol. The average Bonchev–Trinajstić information content (AvgIpc) is 2.01. The van der Waals surface area contributed by atoms with Crippen molar-refractivity contribution in [3.8, 4) is 0 Å². The molecule has 0 unspecified atom stereocenters. The van der Waals surface area contributed by atoms with Gasteiger partial charge >= 0.3 is 5.97 Å². The zero-order chi connectivity index (χ0) is 8.20. The van der Waals surface area contributed by atoms with Crippen molar-refractivity contribution in [3.05, 3.63) is 0 Å². The Balaban J connectivity index is 4.47. The fraction of sp³-hybridized carbons (Fsp3) is 0.400. The van der Waals surface area contributed by atoms with Gasteiger partial charge in [0.25, 0.3) is 5.60 Å². The number of hydrogen-bond donors (Lipinski definition) is 1. The maximum absolute atomic E-state index is 10.4. The summed E-state index contributed by atoms with van der Waals surface area (Å²) in [5.74, 6) is -1.28. The molecule has 0 spiro atoms. The Morgan fingerprint density at radius 3 is 2.00 bits per heavy atom. The minimum Gasteiger partial charge on any atom is -0.466 e. The predicted octanol–water partition coefficient (Wildman–Crippen LogP) is -1.71. The molecule has 10 heavy (non-hydrogen) atoms. The lowest BCUT2D eigenvalue weighted by Crippen LogP contribution is -2.42. The molecule has 0 bridgehead atoms. The fourth-order valence-corrected chi connectivity index (χ4v) is 0.287. The number of carbonyl (C=O) groups is 3. The number of aldehydes is 2. The Morgan fingerprint density at radius 1 is 1.50 bits per heavy atom. The summed E-state index contributed by atoms with van der Waals surface area (Å²) in [6.07, 6.45) is -0.377. The van der Waals surface area contributed by atoms with Gasteiger partial charge in [-0.15, -0.1) is 0 Å². The molecule has 0 saturated heterocycles. The molecular weight excluding hydrogens is 140 g/mol. The molecule has 0 amide bonds. The summed E-state index contributed by atoms with van der Waals surface area (Å²) in [6.45, 7) is 0. The number of methoxy groups -OCH3 is 1. The van der Waals surface area contributed by atoms with Crippen LogP contribution in [0.25, 0.3) is 0 Å². The van der Waals surface area contributed by atoms with Crippen LogP contribution >= 0.6 is 0 Å². The third-order valence-corrected chi connectivity index (χ3v) is 0.872. The van der Waals surface area contributed by atoms with Crippen molar-refractivity contribution in [1.82, 2.24) is 0 Å². The van der Waals surface area contributed by atoms with Gasteiger partial charge in [-0.05, 0) is 0 Å². The first-order chi connectivity index (χ1) is 4.60. The van der Waals surface area contributed by atoms with Gasteiger partial charge in [0.15, 0.2) is 12.6 Å². The first-order valence-electron chi connectivity index (χ1n) is 2.34. The highest BCUT2D eigenvalue weighted by Gasteiger charge is 2.36. The average molecular weight is 146 g/mol. The Kier molecular flexibility index (Phi) is 2.69. The van der Waals surface area contributed by atoms with Gasteiger partial charge in [-0.2, -0.15) is 0 Å². The number of esters is 1. The molecule has 56 valence electrons. The van der Waals surface area contributed by atoms with Crippen LogP contribution in [-0.2, 0) is 19.1 Å². The van der Waals surface area contributed by atoms with Crippen molar-refractivity contribution in [1.29, 1.82) is 0 Å². The lowest BCUT2D eigenvalue weighted by atomic mass is 10.1. The fourth-order valence-electron chi connectivity index (χ4n) is 0.287. The molecule has 0 aromatic rings. The van der Waals surface area contributed by atoms with Crippen LogP contribution in [0.4, 0.5) is 0 Å². The second-order valence-corrected chi connectivity index (χ2v) is 1.55. The molecule has 1 N–H and O–H groups in total. The smallest absolute Gasteiger partial charge is 0.353 e. The van der Waals surface area contributed by atoms with E-state index in [0.29, 0.717) is 0 Å². The molecule has 0 aliphatic rings. The van der Waals surface area contributed by atoms with Gasteiger partial charge in [-0.1, -0.05) is 0 Å². The summed E-state index contributed by atoms with van der Waals surface area (Å²) >= 11 is 0. The minimum absolute atomic E-state index is 0.189. The van der Waals surface area contributed by atoms with Crippen LogP contribution in [0.15, 0.2) is 0 Å². The van der Waals surface area contributed by atoms with Crippen LogP contribution < -0.4 is 0 Å². The van der Waals surface area contributed by atoms with Crippen LogP contribution in [0.2, 0.25) is 0 Å². The van der Waals surface area contributed by atoms with E-state index in [0.717, 1.165) is 7.11 Å². The highest BCUT2D eigenvalue weighted by atomic mass is 16.5. The number of rotatable bonds is 3. The van der Waals surface area contributed by atoms with Crippen LogP contribution in [-0.4, -0.2) is 36.4 Å². The van der Waals surface area contributed by atoms with Gasteiger partial charge in [0.05, 0.1) is 7.11 Å². The molecule has 0 aliphatic carbocycles. The first-order valence-corrected chi connectivity index (χ1v) is 2.34. The molecular formula is C5H6O5. The Hall–Kier alpha value is -1.23. The maximum Gasteiger partial charge on any atom is 0.353 e. The van der Waals surface area contributed by atoms with Gasteiger partial charge < -0.3 is 9.84 Å². The molecule has 0 fully saturated rings. The monoisotopic (exact) mass is 146 g/mol. The molecule has 5 nitrogen and oxygen atoms in total. The van der Waals surface area contributed by atoms with E-state index >= 15 is 0 Å². The van der Waals surface area contributed by atoms with Gasteiger partial charge in [0.2, 0.25) is 0 Å². The normalized spacial score (nSPS) is 10.2. The maximum atomic E-state index is 10.4. The number of aliphatic hydroxyl groups is 1. The highest BCUT2D eigenvalue weighted by Crippen LogP contribution is 1.97. The third kappa shape index (κ3) is 1.38. The Bertz CT molecular complexity index is 153. The van der Waals surface area contributed by atoms with E-state index in [2.05, 4.69) is 4.74 Å². The summed E-state index contributed by atoms with van der Waals surface area (Å²) in [5, 5.41) is 8.69. The lowest BCUT2D eigenvalue weighted by molar-refractivity contribution is -0.164. The molecule has 5 heteroatoms. The van der Waals surface area contributed by atoms with Crippen molar-refractivity contribution in [2.75, 3.05) is 7.11 Å². The van der Waals surface area contributed by atoms with E-state index in [4.69, 9.17) is 5.11 Å². The molecule has 0 saturated carbocycles. The van der Waals surface area contributed by atoms with Crippen molar-refractivity contribution in [2.24, 2.45) is 0 Å². The van der Waals surface area contributed by atoms with Crippen molar-refractivity contribution in [2.45, 2.75) is 5.60 Å². The quantitative estimate of drug-likeness (QED) is 0.291. The van der Waals surface area contributed by atoms with E-state index in [1.165, 1.54) is 0 Å². The van der Waals surface area contributed by atoms with Gasteiger partial charge in [0, 0.05) is 0 Å². The van der Waals surface area contributed by atoms with E-state index < -0.39 is 11.6 Å². The molecule has 0 aliphatic heterocycles. The lowest BCUT2D eigenvalue weighted by Gasteiger charge is -2.09. The SMILES string of the molecule is COC(=O)C(O)(C=O)C=O. The zero-order valence-corrected chi connectivity index (χ0v) is 5.23. The van der Waals surface area contributed by atoms with Crippen LogP contribution in [0.3, 0.4) is 0 Å². The molecule has 0 radical (unpaired) electrons. The van der Waals surface area contributed by atoms with Crippen molar-refractivity contribution >= 4 is 18.5 Å². The third-order valence-electron chi connectivity index (χ3n) is 0.872. The number of carbonyl (C=O) groups excluding carboxylic acids is 3. The van der Waals surface area contributed by atoms with E-state index in [1.807, 2.05) is 0 Å². The topological polar surface area (TPSA) is 80.7 Å². The second-order valence-electron chi connectivity index (χ2n) is 1.55. The zero-order valence-electron chi connectivity index (χ0n) is 5.23.